The largest absolute Gasteiger partial charge is 0.497 e. The Hall–Kier alpha value is -2.49. The molecule has 0 saturated heterocycles. The summed E-state index contributed by atoms with van der Waals surface area (Å²) >= 11 is 0. The van der Waals surface area contributed by atoms with Crippen LogP contribution in [0.15, 0.2) is 36.4 Å². The fraction of sp³-hybridized carbons (Fsp3) is 0.350. The lowest BCUT2D eigenvalue weighted by molar-refractivity contribution is -0.116. The van der Waals surface area contributed by atoms with Crippen LogP contribution in [0.2, 0.25) is 0 Å². The van der Waals surface area contributed by atoms with Crippen molar-refractivity contribution in [2.24, 2.45) is 0 Å². The molecule has 1 N–H and O–H groups in total. The van der Waals surface area contributed by atoms with Gasteiger partial charge in [-0.05, 0) is 54.7 Å². The van der Waals surface area contributed by atoms with Crippen LogP contribution in [0, 0.1) is 13.8 Å². The van der Waals surface area contributed by atoms with E-state index in [0.29, 0.717) is 6.42 Å². The molecule has 4 nitrogen and oxygen atoms in total. The summed E-state index contributed by atoms with van der Waals surface area (Å²) < 4.78 is 10.6. The molecule has 0 aromatic heterocycles. The Balaban J connectivity index is 2.07. The molecule has 2 aromatic rings. The third kappa shape index (κ3) is 4.28. The Labute approximate surface area is 143 Å². The summed E-state index contributed by atoms with van der Waals surface area (Å²) in [6.45, 7) is 6.11. The fourth-order valence-electron chi connectivity index (χ4n) is 2.64. The predicted molar refractivity (Wildman–Crippen MR) is 97.1 cm³/mol. The molecule has 24 heavy (non-hydrogen) atoms. The van der Waals surface area contributed by atoms with Crippen molar-refractivity contribution in [2.45, 2.75) is 33.1 Å². The van der Waals surface area contributed by atoms with E-state index in [1.807, 2.05) is 50.2 Å². The van der Waals surface area contributed by atoms with Gasteiger partial charge in [-0.25, -0.2) is 0 Å². The molecule has 0 bridgehead atoms. The first-order valence-electron chi connectivity index (χ1n) is 8.03. The van der Waals surface area contributed by atoms with Crippen LogP contribution in [-0.4, -0.2) is 20.1 Å². The van der Waals surface area contributed by atoms with Gasteiger partial charge in [0.05, 0.1) is 14.2 Å². The van der Waals surface area contributed by atoms with Crippen LogP contribution < -0.4 is 14.8 Å². The van der Waals surface area contributed by atoms with Gasteiger partial charge in [0.15, 0.2) is 0 Å². The number of rotatable bonds is 6. The topological polar surface area (TPSA) is 47.6 Å². The molecule has 2 aromatic carbocycles. The lowest BCUT2D eigenvalue weighted by atomic mass is 9.96. The molecule has 0 heterocycles. The summed E-state index contributed by atoms with van der Waals surface area (Å²) in [5.41, 5.74) is 4.20. The van der Waals surface area contributed by atoms with Crippen LogP contribution in [0.1, 0.15) is 36.0 Å². The highest BCUT2D eigenvalue weighted by molar-refractivity contribution is 5.91. The first-order chi connectivity index (χ1) is 11.4. The molecule has 1 unspecified atom stereocenters. The Kier molecular flexibility index (Phi) is 5.85. The maximum absolute atomic E-state index is 12.3. The minimum Gasteiger partial charge on any atom is -0.497 e. The molecule has 0 aliphatic carbocycles. The number of carbonyl (C=O) groups excluding carboxylic acids is 1. The molecule has 2 rings (SSSR count). The SMILES string of the molecule is COc1ccc(C(C)CC(=O)Nc2ccc(C)c(C)c2)c(OC)c1. The van der Waals surface area contributed by atoms with Gasteiger partial charge in [0.2, 0.25) is 5.91 Å². The van der Waals surface area contributed by atoms with E-state index in [0.717, 1.165) is 28.3 Å². The van der Waals surface area contributed by atoms with Crippen molar-refractivity contribution in [3.63, 3.8) is 0 Å². The average Bonchev–Trinajstić information content (AvgIpc) is 2.57. The first-order valence-corrected chi connectivity index (χ1v) is 8.03. The van der Waals surface area contributed by atoms with E-state index >= 15 is 0 Å². The molecule has 1 amide bonds. The van der Waals surface area contributed by atoms with Crippen molar-refractivity contribution in [1.29, 1.82) is 0 Å². The molecular formula is C20H25NO3. The normalized spacial score (nSPS) is 11.7. The zero-order valence-electron chi connectivity index (χ0n) is 15.0. The van der Waals surface area contributed by atoms with Crippen LogP contribution >= 0.6 is 0 Å². The molecule has 0 radical (unpaired) electrons. The highest BCUT2D eigenvalue weighted by atomic mass is 16.5. The van der Waals surface area contributed by atoms with Crippen LogP contribution in [0.5, 0.6) is 11.5 Å². The van der Waals surface area contributed by atoms with Gasteiger partial charge in [0, 0.05) is 18.2 Å². The van der Waals surface area contributed by atoms with Gasteiger partial charge in [0.25, 0.3) is 0 Å². The zero-order valence-corrected chi connectivity index (χ0v) is 15.0. The fourth-order valence-corrected chi connectivity index (χ4v) is 2.64. The van der Waals surface area contributed by atoms with Gasteiger partial charge in [-0.3, -0.25) is 4.79 Å². The van der Waals surface area contributed by atoms with Crippen molar-refractivity contribution < 1.29 is 14.3 Å². The number of hydrogen-bond acceptors (Lipinski definition) is 3. The number of aryl methyl sites for hydroxylation is 2. The third-order valence-corrected chi connectivity index (χ3v) is 4.25. The molecule has 0 aliphatic rings. The average molecular weight is 327 g/mol. The Bertz CT molecular complexity index is 725. The van der Waals surface area contributed by atoms with E-state index < -0.39 is 0 Å². The van der Waals surface area contributed by atoms with Gasteiger partial charge >= 0.3 is 0 Å². The quantitative estimate of drug-likeness (QED) is 0.852. The smallest absolute Gasteiger partial charge is 0.224 e. The number of carbonyl (C=O) groups is 1. The van der Waals surface area contributed by atoms with Crippen LogP contribution in [0.25, 0.3) is 0 Å². The van der Waals surface area contributed by atoms with Crippen molar-refractivity contribution in [1.82, 2.24) is 0 Å². The zero-order chi connectivity index (χ0) is 17.7. The van der Waals surface area contributed by atoms with E-state index in [1.165, 1.54) is 5.56 Å². The highest BCUT2D eigenvalue weighted by Crippen LogP contribution is 2.32. The maximum Gasteiger partial charge on any atom is 0.224 e. The summed E-state index contributed by atoms with van der Waals surface area (Å²) in [5.74, 6) is 1.50. The van der Waals surface area contributed by atoms with Gasteiger partial charge in [-0.2, -0.15) is 0 Å². The van der Waals surface area contributed by atoms with E-state index in [1.54, 1.807) is 14.2 Å². The lowest BCUT2D eigenvalue weighted by Crippen LogP contribution is -2.15. The number of amides is 1. The van der Waals surface area contributed by atoms with E-state index in [-0.39, 0.29) is 11.8 Å². The Morgan fingerprint density at radius 1 is 1.04 bits per heavy atom. The van der Waals surface area contributed by atoms with Crippen LogP contribution in [0.3, 0.4) is 0 Å². The monoisotopic (exact) mass is 327 g/mol. The van der Waals surface area contributed by atoms with Crippen molar-refractivity contribution in [2.75, 3.05) is 19.5 Å². The van der Waals surface area contributed by atoms with Gasteiger partial charge in [0.1, 0.15) is 11.5 Å². The Morgan fingerprint density at radius 2 is 1.79 bits per heavy atom. The molecule has 1 atom stereocenters. The summed E-state index contributed by atoms with van der Waals surface area (Å²) in [6, 6.07) is 11.6. The number of anilines is 1. The standard InChI is InChI=1S/C20H25NO3/c1-13-6-7-16(10-14(13)2)21-20(22)11-15(3)18-9-8-17(23-4)12-19(18)24-5/h6-10,12,15H,11H2,1-5H3,(H,21,22). The van der Waals surface area contributed by atoms with Crippen molar-refractivity contribution in [3.8, 4) is 11.5 Å². The minimum atomic E-state index is -0.0105. The van der Waals surface area contributed by atoms with E-state index in [9.17, 15) is 4.79 Å². The van der Waals surface area contributed by atoms with Crippen LogP contribution in [-0.2, 0) is 4.79 Å². The molecule has 0 spiro atoms. The number of benzene rings is 2. The number of nitrogens with one attached hydrogen (secondary N) is 1. The third-order valence-electron chi connectivity index (χ3n) is 4.25. The molecular weight excluding hydrogens is 302 g/mol. The van der Waals surface area contributed by atoms with E-state index in [4.69, 9.17) is 9.47 Å². The highest BCUT2D eigenvalue weighted by Gasteiger charge is 2.16. The summed E-state index contributed by atoms with van der Waals surface area (Å²) in [4.78, 5) is 12.3. The second-order valence-corrected chi connectivity index (χ2v) is 6.06. The molecule has 128 valence electrons. The van der Waals surface area contributed by atoms with Gasteiger partial charge in [-0.1, -0.05) is 19.1 Å². The van der Waals surface area contributed by atoms with E-state index in [2.05, 4.69) is 12.2 Å². The Morgan fingerprint density at radius 3 is 2.42 bits per heavy atom. The van der Waals surface area contributed by atoms with Gasteiger partial charge < -0.3 is 14.8 Å². The van der Waals surface area contributed by atoms with Crippen molar-refractivity contribution in [3.05, 3.63) is 53.1 Å². The van der Waals surface area contributed by atoms with Crippen molar-refractivity contribution >= 4 is 11.6 Å². The second kappa shape index (κ2) is 7.86. The summed E-state index contributed by atoms with van der Waals surface area (Å²) in [5, 5.41) is 2.97. The second-order valence-electron chi connectivity index (χ2n) is 6.06. The number of ether oxygens (including phenoxy) is 2. The maximum atomic E-state index is 12.3. The minimum absolute atomic E-state index is 0.0105. The number of methoxy groups -OCH3 is 2. The molecule has 0 saturated carbocycles. The molecule has 0 aliphatic heterocycles. The number of hydrogen-bond donors (Lipinski definition) is 1. The van der Waals surface area contributed by atoms with Crippen LogP contribution in [0.4, 0.5) is 5.69 Å². The first kappa shape index (κ1) is 17.9. The summed E-state index contributed by atoms with van der Waals surface area (Å²) in [7, 11) is 3.25. The van der Waals surface area contributed by atoms with Gasteiger partial charge in [-0.15, -0.1) is 0 Å². The lowest BCUT2D eigenvalue weighted by Gasteiger charge is -2.16. The molecule has 4 heteroatoms. The molecule has 0 fully saturated rings. The predicted octanol–water partition coefficient (Wildman–Crippen LogP) is 4.45. The summed E-state index contributed by atoms with van der Waals surface area (Å²) in [6.07, 6.45) is 0.385.